The van der Waals surface area contributed by atoms with E-state index in [1.807, 2.05) is 13.1 Å². The summed E-state index contributed by atoms with van der Waals surface area (Å²) in [6, 6.07) is 0. The lowest BCUT2D eigenvalue weighted by Crippen LogP contribution is -2.49. The van der Waals surface area contributed by atoms with Gasteiger partial charge in [-0.2, -0.15) is 5.10 Å². The highest BCUT2D eigenvalue weighted by Crippen LogP contribution is 2.08. The molecule has 5 nitrogen and oxygen atoms in total. The number of rotatable bonds is 5. The number of carbonyl (C=O) groups is 1. The van der Waals surface area contributed by atoms with Crippen LogP contribution >= 0.6 is 0 Å². The van der Waals surface area contributed by atoms with E-state index >= 15 is 0 Å². The molecule has 1 rings (SSSR count). The van der Waals surface area contributed by atoms with Gasteiger partial charge >= 0.3 is 5.97 Å². The van der Waals surface area contributed by atoms with Crippen molar-refractivity contribution in [3.05, 3.63) is 18.0 Å². The fraction of sp³-hybridized carbons (Fsp3) is 0.636. The molecular formula is C11H19N3O2. The zero-order valence-electron chi connectivity index (χ0n) is 10.1. The topological polar surface area (TPSA) is 70.1 Å². The van der Waals surface area contributed by atoms with E-state index in [0.717, 1.165) is 12.0 Å². The van der Waals surface area contributed by atoms with Gasteiger partial charge in [-0.25, -0.2) is 4.79 Å². The fourth-order valence-electron chi connectivity index (χ4n) is 1.37. The Morgan fingerprint density at radius 3 is 2.81 bits per heavy atom. The Morgan fingerprint density at radius 2 is 2.31 bits per heavy atom. The van der Waals surface area contributed by atoms with E-state index in [1.54, 1.807) is 24.7 Å². The molecule has 0 aromatic carbocycles. The number of aromatic nitrogens is 2. The molecule has 0 aliphatic heterocycles. The normalized spacial score (nSPS) is 14.5. The first-order valence-electron chi connectivity index (χ1n) is 5.47. The van der Waals surface area contributed by atoms with Crippen molar-refractivity contribution in [3.8, 4) is 0 Å². The van der Waals surface area contributed by atoms with Crippen LogP contribution in [0, 0.1) is 0 Å². The zero-order chi connectivity index (χ0) is 12.2. The number of ether oxygens (including phenoxy) is 1. The summed E-state index contributed by atoms with van der Waals surface area (Å²) in [6.07, 6.45) is 4.59. The van der Waals surface area contributed by atoms with Crippen molar-refractivity contribution in [1.82, 2.24) is 9.78 Å². The maximum Gasteiger partial charge on any atom is 0.327 e. The van der Waals surface area contributed by atoms with Gasteiger partial charge in [-0.3, -0.25) is 4.68 Å². The van der Waals surface area contributed by atoms with E-state index in [4.69, 9.17) is 10.5 Å². The van der Waals surface area contributed by atoms with Gasteiger partial charge in [-0.15, -0.1) is 0 Å². The van der Waals surface area contributed by atoms with Crippen molar-refractivity contribution in [2.24, 2.45) is 5.73 Å². The van der Waals surface area contributed by atoms with Crippen LogP contribution in [0.4, 0.5) is 0 Å². The molecule has 1 aromatic rings. The highest BCUT2D eigenvalue weighted by atomic mass is 16.5. The summed E-state index contributed by atoms with van der Waals surface area (Å²) in [5.41, 5.74) is 5.98. The van der Waals surface area contributed by atoms with Gasteiger partial charge in [-0.1, -0.05) is 6.92 Å². The first-order valence-corrected chi connectivity index (χ1v) is 5.47. The number of carbonyl (C=O) groups excluding carboxylic acids is 1. The molecule has 0 fully saturated rings. The predicted octanol–water partition coefficient (Wildman–Crippen LogP) is 0.726. The van der Waals surface area contributed by atoms with E-state index in [2.05, 4.69) is 5.10 Å². The van der Waals surface area contributed by atoms with Crippen LogP contribution in [0.25, 0.3) is 0 Å². The van der Waals surface area contributed by atoms with Crippen molar-refractivity contribution in [1.29, 1.82) is 0 Å². The first kappa shape index (κ1) is 12.7. The summed E-state index contributed by atoms with van der Waals surface area (Å²) in [6.45, 7) is 6.13. The van der Waals surface area contributed by atoms with Crippen LogP contribution in [-0.4, -0.2) is 27.9 Å². The quantitative estimate of drug-likeness (QED) is 0.750. The van der Waals surface area contributed by atoms with Gasteiger partial charge in [0.1, 0.15) is 5.54 Å². The minimum Gasteiger partial charge on any atom is -0.465 e. The number of hydrogen-bond donors (Lipinski definition) is 1. The Hall–Kier alpha value is -1.36. The molecule has 90 valence electrons. The lowest BCUT2D eigenvalue weighted by Gasteiger charge is -2.21. The Morgan fingerprint density at radius 1 is 1.62 bits per heavy atom. The molecule has 0 spiro atoms. The van der Waals surface area contributed by atoms with Crippen molar-refractivity contribution in [2.75, 3.05) is 6.61 Å². The van der Waals surface area contributed by atoms with Crippen LogP contribution in [0.1, 0.15) is 26.3 Å². The Kier molecular flexibility index (Phi) is 4.06. The SMILES string of the molecule is CCOC(=O)C(C)(N)Cn1cc(CC)cn1. The number of hydrogen-bond acceptors (Lipinski definition) is 4. The van der Waals surface area contributed by atoms with Crippen LogP contribution < -0.4 is 5.73 Å². The predicted molar refractivity (Wildman–Crippen MR) is 60.8 cm³/mol. The summed E-state index contributed by atoms with van der Waals surface area (Å²) in [5, 5.41) is 4.14. The second-order valence-electron chi connectivity index (χ2n) is 4.04. The molecule has 16 heavy (non-hydrogen) atoms. The monoisotopic (exact) mass is 225 g/mol. The Balaban J connectivity index is 2.67. The second-order valence-corrected chi connectivity index (χ2v) is 4.04. The highest BCUT2D eigenvalue weighted by molar-refractivity contribution is 5.79. The van der Waals surface area contributed by atoms with E-state index in [1.165, 1.54) is 0 Å². The molecule has 0 aliphatic rings. The van der Waals surface area contributed by atoms with Crippen LogP contribution in [0.15, 0.2) is 12.4 Å². The molecule has 0 amide bonds. The van der Waals surface area contributed by atoms with E-state index in [-0.39, 0.29) is 0 Å². The molecule has 0 bridgehead atoms. The van der Waals surface area contributed by atoms with Gasteiger partial charge in [0.2, 0.25) is 0 Å². The number of aryl methyl sites for hydroxylation is 1. The van der Waals surface area contributed by atoms with Gasteiger partial charge in [0.05, 0.1) is 19.3 Å². The van der Waals surface area contributed by atoms with Crippen LogP contribution in [0.3, 0.4) is 0 Å². The van der Waals surface area contributed by atoms with E-state index in [9.17, 15) is 4.79 Å². The van der Waals surface area contributed by atoms with Crippen LogP contribution in [0.2, 0.25) is 0 Å². The number of nitrogens with two attached hydrogens (primary N) is 1. The smallest absolute Gasteiger partial charge is 0.327 e. The average molecular weight is 225 g/mol. The van der Waals surface area contributed by atoms with Crippen LogP contribution in [0.5, 0.6) is 0 Å². The van der Waals surface area contributed by atoms with Gasteiger partial charge in [-0.05, 0) is 25.8 Å². The third-order valence-electron chi connectivity index (χ3n) is 2.33. The average Bonchev–Trinajstić information content (AvgIpc) is 2.65. The van der Waals surface area contributed by atoms with Gasteiger partial charge < -0.3 is 10.5 Å². The lowest BCUT2D eigenvalue weighted by atomic mass is 10.1. The maximum atomic E-state index is 11.6. The lowest BCUT2D eigenvalue weighted by molar-refractivity contribution is -0.149. The van der Waals surface area contributed by atoms with Crippen molar-refractivity contribution in [2.45, 2.75) is 39.3 Å². The van der Waals surface area contributed by atoms with E-state index in [0.29, 0.717) is 13.2 Å². The Bertz CT molecular complexity index is 358. The maximum absolute atomic E-state index is 11.6. The molecule has 2 N–H and O–H groups in total. The van der Waals surface area contributed by atoms with E-state index < -0.39 is 11.5 Å². The third kappa shape index (κ3) is 3.06. The van der Waals surface area contributed by atoms with Crippen molar-refractivity contribution >= 4 is 5.97 Å². The molecule has 0 saturated heterocycles. The summed E-state index contributed by atoms with van der Waals surface area (Å²) < 4.78 is 6.58. The van der Waals surface area contributed by atoms with Gasteiger partial charge in [0, 0.05) is 6.20 Å². The number of nitrogens with zero attached hydrogens (tertiary/aromatic N) is 2. The minimum absolute atomic E-state index is 0.325. The molecule has 1 heterocycles. The van der Waals surface area contributed by atoms with Gasteiger partial charge in [0.25, 0.3) is 0 Å². The van der Waals surface area contributed by atoms with Crippen LogP contribution in [-0.2, 0) is 22.5 Å². The largest absolute Gasteiger partial charge is 0.465 e. The molecule has 0 saturated carbocycles. The summed E-state index contributed by atoms with van der Waals surface area (Å²) in [5.74, 6) is -0.399. The molecule has 0 radical (unpaired) electrons. The molecule has 0 aliphatic carbocycles. The Labute approximate surface area is 95.6 Å². The summed E-state index contributed by atoms with van der Waals surface area (Å²) in [4.78, 5) is 11.6. The van der Waals surface area contributed by atoms with Gasteiger partial charge in [0.15, 0.2) is 0 Å². The highest BCUT2D eigenvalue weighted by Gasteiger charge is 2.30. The standard InChI is InChI=1S/C11H19N3O2/c1-4-9-6-13-14(7-9)8-11(3,12)10(15)16-5-2/h6-7H,4-5,8,12H2,1-3H3. The minimum atomic E-state index is -1.03. The molecule has 1 aromatic heterocycles. The molecular weight excluding hydrogens is 206 g/mol. The van der Waals surface area contributed by atoms with Crippen molar-refractivity contribution in [3.63, 3.8) is 0 Å². The summed E-state index contributed by atoms with van der Waals surface area (Å²) >= 11 is 0. The number of esters is 1. The zero-order valence-corrected chi connectivity index (χ0v) is 10.1. The fourth-order valence-corrected chi connectivity index (χ4v) is 1.37. The third-order valence-corrected chi connectivity index (χ3v) is 2.33. The molecule has 1 unspecified atom stereocenters. The first-order chi connectivity index (χ1) is 7.49. The molecule has 1 atom stereocenters. The summed E-state index contributed by atoms with van der Waals surface area (Å²) in [7, 11) is 0. The molecule has 5 heteroatoms. The second kappa shape index (κ2) is 5.12. The van der Waals surface area contributed by atoms with Crippen molar-refractivity contribution < 1.29 is 9.53 Å².